The molecule has 138 valence electrons. The van der Waals surface area contributed by atoms with Gasteiger partial charge in [0.1, 0.15) is 0 Å². The summed E-state index contributed by atoms with van der Waals surface area (Å²) in [5, 5.41) is 0. The van der Waals surface area contributed by atoms with Crippen LogP contribution in [-0.2, 0) is 6.42 Å². The Bertz CT molecular complexity index is 758. The summed E-state index contributed by atoms with van der Waals surface area (Å²) < 4.78 is 0. The Morgan fingerprint density at radius 1 is 0.500 bits per heavy atom. The molecule has 3 rings (SSSR count). The Hall–Kier alpha value is -2.34. The Labute approximate surface area is 160 Å². The van der Waals surface area contributed by atoms with Gasteiger partial charge in [0.05, 0.1) is 0 Å². The van der Waals surface area contributed by atoms with Crippen molar-refractivity contribution in [2.24, 2.45) is 0 Å². The molecule has 0 aromatic heterocycles. The van der Waals surface area contributed by atoms with Crippen LogP contribution in [0.25, 0.3) is 0 Å². The largest absolute Gasteiger partial charge is 0.0620 e. The summed E-state index contributed by atoms with van der Waals surface area (Å²) in [5.74, 6) is 0. The van der Waals surface area contributed by atoms with Crippen LogP contribution in [0.15, 0.2) is 66.7 Å². The second kappa shape index (κ2) is 11.3. The van der Waals surface area contributed by atoms with E-state index in [1.54, 1.807) is 0 Å². The predicted molar refractivity (Wildman–Crippen MR) is 117 cm³/mol. The van der Waals surface area contributed by atoms with Crippen LogP contribution >= 0.6 is 0 Å². The van der Waals surface area contributed by atoms with Gasteiger partial charge >= 0.3 is 0 Å². The summed E-state index contributed by atoms with van der Waals surface area (Å²) >= 11 is 0. The summed E-state index contributed by atoms with van der Waals surface area (Å²) in [5.41, 5.74) is 9.66. The second-order valence-corrected chi connectivity index (χ2v) is 7.03. The highest BCUT2D eigenvalue weighted by Crippen LogP contribution is 2.10. The van der Waals surface area contributed by atoms with Crippen LogP contribution in [0.1, 0.15) is 45.9 Å². The SMILES string of the molecule is CCc1cc(C)ccc1C.Cc1cccc(C)c1.Cc1ccccc1C. The topological polar surface area (TPSA) is 0 Å². The highest BCUT2D eigenvalue weighted by Gasteiger charge is 1.93. The number of aryl methyl sites for hydroxylation is 7. The maximum atomic E-state index is 2.26. The second-order valence-electron chi connectivity index (χ2n) is 7.03. The van der Waals surface area contributed by atoms with Crippen molar-refractivity contribution in [2.45, 2.75) is 54.9 Å². The zero-order valence-electron chi connectivity index (χ0n) is 17.6. The minimum absolute atomic E-state index is 1.15. The molecule has 0 aliphatic rings. The summed E-state index contributed by atoms with van der Waals surface area (Å²) in [6, 6.07) is 23.4. The van der Waals surface area contributed by atoms with Crippen LogP contribution < -0.4 is 0 Å². The van der Waals surface area contributed by atoms with Crippen LogP contribution in [0, 0.1) is 41.5 Å². The van der Waals surface area contributed by atoms with Crippen molar-refractivity contribution >= 4 is 0 Å². The number of rotatable bonds is 1. The molecule has 0 saturated heterocycles. The summed E-state index contributed by atoms with van der Waals surface area (Å²) in [6.07, 6.45) is 1.15. The van der Waals surface area contributed by atoms with Crippen molar-refractivity contribution in [1.82, 2.24) is 0 Å². The molecule has 0 N–H and O–H groups in total. The molecule has 3 aromatic carbocycles. The molecule has 0 bridgehead atoms. The third-order valence-corrected chi connectivity index (χ3v) is 4.48. The van der Waals surface area contributed by atoms with Crippen molar-refractivity contribution in [3.63, 3.8) is 0 Å². The molecule has 0 heteroatoms. The maximum absolute atomic E-state index is 2.26. The van der Waals surface area contributed by atoms with Crippen LogP contribution in [-0.4, -0.2) is 0 Å². The summed E-state index contributed by atoms with van der Waals surface area (Å²) in [6.45, 7) is 14.9. The van der Waals surface area contributed by atoms with E-state index in [4.69, 9.17) is 0 Å². The molecule has 0 fully saturated rings. The molecule has 26 heavy (non-hydrogen) atoms. The van der Waals surface area contributed by atoms with E-state index in [2.05, 4.69) is 115 Å². The standard InChI is InChI=1S/C10H14.2C8H10/c1-4-10-7-8(2)5-6-9(10)3;1-7-4-3-5-8(2)6-7;1-7-5-3-4-6-8(7)2/h5-7H,4H2,1-3H3;2*3-6H,1-2H3. The Morgan fingerprint density at radius 3 is 1.35 bits per heavy atom. The average molecular weight is 347 g/mol. The molecule has 0 aliphatic heterocycles. The van der Waals surface area contributed by atoms with Gasteiger partial charge in [0.2, 0.25) is 0 Å². The van der Waals surface area contributed by atoms with E-state index in [0.29, 0.717) is 0 Å². The van der Waals surface area contributed by atoms with Crippen LogP contribution in [0.3, 0.4) is 0 Å². The normalized spacial score (nSPS) is 9.50. The molecule has 0 saturated carbocycles. The molecular formula is C26H34. The van der Waals surface area contributed by atoms with E-state index in [9.17, 15) is 0 Å². The third-order valence-electron chi connectivity index (χ3n) is 4.48. The van der Waals surface area contributed by atoms with Gasteiger partial charge in [-0.05, 0) is 70.2 Å². The van der Waals surface area contributed by atoms with Gasteiger partial charge in [0.15, 0.2) is 0 Å². The van der Waals surface area contributed by atoms with Gasteiger partial charge in [0.25, 0.3) is 0 Å². The number of hydrogen-bond donors (Lipinski definition) is 0. The molecular weight excluding hydrogens is 312 g/mol. The lowest BCUT2D eigenvalue weighted by Gasteiger charge is -2.02. The number of benzene rings is 3. The first kappa shape index (κ1) is 21.7. The molecule has 0 atom stereocenters. The number of hydrogen-bond acceptors (Lipinski definition) is 0. The van der Waals surface area contributed by atoms with Crippen molar-refractivity contribution in [2.75, 3.05) is 0 Å². The molecule has 0 unspecified atom stereocenters. The lowest BCUT2D eigenvalue weighted by atomic mass is 10.0. The first-order chi connectivity index (χ1) is 12.3. The molecule has 0 heterocycles. The van der Waals surface area contributed by atoms with E-state index in [-0.39, 0.29) is 0 Å². The van der Waals surface area contributed by atoms with Crippen molar-refractivity contribution in [3.05, 3.63) is 106 Å². The van der Waals surface area contributed by atoms with Gasteiger partial charge in [-0.2, -0.15) is 0 Å². The van der Waals surface area contributed by atoms with E-state index in [1.807, 2.05) is 0 Å². The highest BCUT2D eigenvalue weighted by molar-refractivity contribution is 5.30. The molecule has 0 aliphatic carbocycles. The van der Waals surface area contributed by atoms with Crippen LogP contribution in [0.2, 0.25) is 0 Å². The fraction of sp³-hybridized carbons (Fsp3) is 0.308. The zero-order chi connectivity index (χ0) is 19.5. The van der Waals surface area contributed by atoms with Gasteiger partial charge in [-0.15, -0.1) is 0 Å². The highest BCUT2D eigenvalue weighted by atomic mass is 14.0. The molecule has 0 spiro atoms. The van der Waals surface area contributed by atoms with Gasteiger partial charge in [-0.3, -0.25) is 0 Å². The Balaban J connectivity index is 0.000000197. The van der Waals surface area contributed by atoms with Gasteiger partial charge in [0, 0.05) is 0 Å². The van der Waals surface area contributed by atoms with Crippen molar-refractivity contribution < 1.29 is 0 Å². The zero-order valence-corrected chi connectivity index (χ0v) is 17.6. The van der Waals surface area contributed by atoms with E-state index >= 15 is 0 Å². The van der Waals surface area contributed by atoms with Gasteiger partial charge in [-0.25, -0.2) is 0 Å². The van der Waals surface area contributed by atoms with Crippen molar-refractivity contribution in [1.29, 1.82) is 0 Å². The maximum Gasteiger partial charge on any atom is -0.0305 e. The van der Waals surface area contributed by atoms with Crippen LogP contribution in [0.4, 0.5) is 0 Å². The fourth-order valence-corrected chi connectivity index (χ4v) is 2.65. The first-order valence-electron chi connectivity index (χ1n) is 9.45. The molecule has 0 radical (unpaired) electrons. The Morgan fingerprint density at radius 2 is 1.00 bits per heavy atom. The van der Waals surface area contributed by atoms with E-state index < -0.39 is 0 Å². The smallest absolute Gasteiger partial charge is 0.0305 e. The van der Waals surface area contributed by atoms with E-state index in [0.717, 1.165) is 6.42 Å². The average Bonchev–Trinajstić information content (AvgIpc) is 2.60. The quantitative estimate of drug-likeness (QED) is 0.428. The predicted octanol–water partition coefficient (Wildman–Crippen LogP) is 7.47. The third kappa shape index (κ3) is 8.16. The van der Waals surface area contributed by atoms with Crippen LogP contribution in [0.5, 0.6) is 0 Å². The minimum Gasteiger partial charge on any atom is -0.0620 e. The molecule has 3 aromatic rings. The first-order valence-corrected chi connectivity index (χ1v) is 9.45. The fourth-order valence-electron chi connectivity index (χ4n) is 2.65. The van der Waals surface area contributed by atoms with Gasteiger partial charge in [-0.1, -0.05) is 90.3 Å². The molecule has 0 amide bonds. The minimum atomic E-state index is 1.15. The lowest BCUT2D eigenvalue weighted by Crippen LogP contribution is -1.86. The lowest BCUT2D eigenvalue weighted by molar-refractivity contribution is 1.10. The Kier molecular flexibility index (Phi) is 9.44. The molecule has 0 nitrogen and oxygen atoms in total. The van der Waals surface area contributed by atoms with Crippen molar-refractivity contribution in [3.8, 4) is 0 Å². The van der Waals surface area contributed by atoms with E-state index in [1.165, 1.54) is 38.9 Å². The summed E-state index contributed by atoms with van der Waals surface area (Å²) in [4.78, 5) is 0. The summed E-state index contributed by atoms with van der Waals surface area (Å²) in [7, 11) is 0. The van der Waals surface area contributed by atoms with Gasteiger partial charge < -0.3 is 0 Å². The monoisotopic (exact) mass is 346 g/mol.